The van der Waals surface area contributed by atoms with Gasteiger partial charge in [0.15, 0.2) is 0 Å². The van der Waals surface area contributed by atoms with Gasteiger partial charge in [0.25, 0.3) is 0 Å². The number of methoxy groups -OCH3 is 1. The van der Waals surface area contributed by atoms with Crippen LogP contribution in [-0.2, 0) is 9.53 Å². The molecule has 5 heteroatoms. The summed E-state index contributed by atoms with van der Waals surface area (Å²) in [5.41, 5.74) is 0.809. The van der Waals surface area contributed by atoms with Crippen LogP contribution in [0.3, 0.4) is 0 Å². The first-order valence-corrected chi connectivity index (χ1v) is 4.38. The van der Waals surface area contributed by atoms with Crippen LogP contribution in [0.4, 0.5) is 4.39 Å². The number of aromatic nitrogens is 2. The Morgan fingerprint density at radius 2 is 2.47 bits per heavy atom. The van der Waals surface area contributed by atoms with E-state index in [2.05, 4.69) is 14.7 Å². The monoisotopic (exact) mass is 208 g/mol. The van der Waals surface area contributed by atoms with Gasteiger partial charge in [-0.15, -0.1) is 0 Å². The SMILES string of the molecule is COC(=O)C(F)c1c[nH]c2ncccc12. The molecule has 0 saturated heterocycles. The largest absolute Gasteiger partial charge is 0.467 e. The zero-order valence-corrected chi connectivity index (χ0v) is 8.03. The van der Waals surface area contributed by atoms with E-state index in [1.165, 1.54) is 6.20 Å². The summed E-state index contributed by atoms with van der Waals surface area (Å²) in [5.74, 6) is -0.903. The number of carbonyl (C=O) groups excluding carboxylic acids is 1. The molecular formula is C10H9FN2O2. The van der Waals surface area contributed by atoms with Crippen molar-refractivity contribution >= 4 is 17.0 Å². The second-order valence-corrected chi connectivity index (χ2v) is 3.03. The number of rotatable bonds is 2. The van der Waals surface area contributed by atoms with Crippen molar-refractivity contribution < 1.29 is 13.9 Å². The van der Waals surface area contributed by atoms with Gasteiger partial charge in [-0.05, 0) is 12.1 Å². The Bertz CT molecular complexity index is 495. The fourth-order valence-corrected chi connectivity index (χ4v) is 1.42. The van der Waals surface area contributed by atoms with E-state index in [1.54, 1.807) is 18.3 Å². The maximum absolute atomic E-state index is 13.6. The molecule has 0 fully saturated rings. The van der Waals surface area contributed by atoms with E-state index in [1.807, 2.05) is 0 Å². The third kappa shape index (κ3) is 1.56. The summed E-state index contributed by atoms with van der Waals surface area (Å²) in [6.07, 6.45) is 1.25. The smallest absolute Gasteiger partial charge is 0.345 e. The molecule has 2 rings (SSSR count). The molecule has 0 amide bonds. The van der Waals surface area contributed by atoms with Crippen LogP contribution >= 0.6 is 0 Å². The Hall–Kier alpha value is -1.91. The van der Waals surface area contributed by atoms with E-state index in [-0.39, 0.29) is 5.56 Å². The van der Waals surface area contributed by atoms with E-state index >= 15 is 0 Å². The number of aromatic amines is 1. The van der Waals surface area contributed by atoms with Gasteiger partial charge in [0.05, 0.1) is 7.11 Å². The number of esters is 1. The molecule has 78 valence electrons. The van der Waals surface area contributed by atoms with Crippen molar-refractivity contribution in [2.24, 2.45) is 0 Å². The standard InChI is InChI=1S/C10H9FN2O2/c1-15-10(14)8(11)7-5-13-9-6(7)3-2-4-12-9/h2-5,8H,1H3,(H,12,13). The number of fused-ring (bicyclic) bond motifs is 1. The van der Waals surface area contributed by atoms with Gasteiger partial charge in [-0.25, -0.2) is 14.2 Å². The minimum Gasteiger partial charge on any atom is -0.467 e. The highest BCUT2D eigenvalue weighted by Crippen LogP contribution is 2.26. The van der Waals surface area contributed by atoms with Crippen LogP contribution in [0.5, 0.6) is 0 Å². The summed E-state index contributed by atoms with van der Waals surface area (Å²) < 4.78 is 17.9. The Morgan fingerprint density at radius 1 is 1.67 bits per heavy atom. The average molecular weight is 208 g/mol. The van der Waals surface area contributed by atoms with E-state index in [0.717, 1.165) is 7.11 Å². The molecule has 1 atom stereocenters. The fraction of sp³-hybridized carbons (Fsp3) is 0.200. The number of H-pyrrole nitrogens is 1. The summed E-state index contributed by atoms with van der Waals surface area (Å²) in [4.78, 5) is 17.8. The zero-order chi connectivity index (χ0) is 10.8. The van der Waals surface area contributed by atoms with Crippen molar-refractivity contribution in [3.05, 3.63) is 30.1 Å². The van der Waals surface area contributed by atoms with Crippen molar-refractivity contribution in [2.45, 2.75) is 6.17 Å². The predicted molar refractivity (Wildman–Crippen MR) is 52.0 cm³/mol. The first-order chi connectivity index (χ1) is 7.24. The van der Waals surface area contributed by atoms with E-state index in [0.29, 0.717) is 11.0 Å². The number of halogens is 1. The number of pyridine rings is 1. The highest BCUT2D eigenvalue weighted by atomic mass is 19.1. The first-order valence-electron chi connectivity index (χ1n) is 4.38. The number of ether oxygens (including phenoxy) is 1. The third-order valence-corrected chi connectivity index (χ3v) is 2.16. The molecule has 0 aromatic carbocycles. The normalized spacial score (nSPS) is 12.7. The summed E-state index contributed by atoms with van der Waals surface area (Å²) in [6, 6.07) is 3.38. The highest BCUT2D eigenvalue weighted by molar-refractivity contribution is 5.86. The van der Waals surface area contributed by atoms with Gasteiger partial charge < -0.3 is 9.72 Å². The molecule has 0 aliphatic heterocycles. The van der Waals surface area contributed by atoms with Crippen molar-refractivity contribution in [1.82, 2.24) is 9.97 Å². The fourth-order valence-electron chi connectivity index (χ4n) is 1.42. The molecule has 2 aromatic rings. The molecule has 0 saturated carbocycles. The van der Waals surface area contributed by atoms with Crippen LogP contribution in [0, 0.1) is 0 Å². The minimum atomic E-state index is -1.77. The van der Waals surface area contributed by atoms with Gasteiger partial charge in [0.2, 0.25) is 6.17 Å². The number of hydrogen-bond donors (Lipinski definition) is 1. The number of carbonyl (C=O) groups is 1. The molecule has 15 heavy (non-hydrogen) atoms. The van der Waals surface area contributed by atoms with Gasteiger partial charge in [-0.3, -0.25) is 0 Å². The highest BCUT2D eigenvalue weighted by Gasteiger charge is 2.23. The van der Waals surface area contributed by atoms with Crippen LogP contribution in [0.25, 0.3) is 11.0 Å². The van der Waals surface area contributed by atoms with Crippen molar-refractivity contribution in [2.75, 3.05) is 7.11 Å². The van der Waals surface area contributed by atoms with Crippen LogP contribution in [0.1, 0.15) is 11.7 Å². The molecule has 1 unspecified atom stereocenters. The molecule has 2 aromatic heterocycles. The topological polar surface area (TPSA) is 55.0 Å². The van der Waals surface area contributed by atoms with E-state index in [9.17, 15) is 9.18 Å². The minimum absolute atomic E-state index is 0.255. The molecule has 4 nitrogen and oxygen atoms in total. The maximum Gasteiger partial charge on any atom is 0.345 e. The Morgan fingerprint density at radius 3 is 3.20 bits per heavy atom. The lowest BCUT2D eigenvalue weighted by Gasteiger charge is -2.03. The lowest BCUT2D eigenvalue weighted by atomic mass is 10.1. The predicted octanol–water partition coefficient (Wildman–Crippen LogP) is 1.75. The quantitative estimate of drug-likeness (QED) is 0.765. The maximum atomic E-state index is 13.6. The molecule has 0 radical (unpaired) electrons. The zero-order valence-electron chi connectivity index (χ0n) is 8.03. The summed E-state index contributed by atoms with van der Waals surface area (Å²) >= 11 is 0. The van der Waals surface area contributed by atoms with Crippen molar-refractivity contribution in [3.63, 3.8) is 0 Å². The van der Waals surface area contributed by atoms with Crippen LogP contribution in [0.15, 0.2) is 24.5 Å². The molecular weight excluding hydrogens is 199 g/mol. The first kappa shape index (κ1) is 9.64. The van der Waals surface area contributed by atoms with Gasteiger partial charge in [0.1, 0.15) is 5.65 Å². The van der Waals surface area contributed by atoms with Crippen molar-refractivity contribution in [3.8, 4) is 0 Å². The van der Waals surface area contributed by atoms with Crippen LogP contribution in [-0.4, -0.2) is 23.0 Å². The molecule has 0 aliphatic carbocycles. The van der Waals surface area contributed by atoms with Gasteiger partial charge in [0, 0.05) is 23.3 Å². The van der Waals surface area contributed by atoms with Gasteiger partial charge >= 0.3 is 5.97 Å². The average Bonchev–Trinajstić information content (AvgIpc) is 2.70. The number of hydrogen-bond acceptors (Lipinski definition) is 3. The summed E-state index contributed by atoms with van der Waals surface area (Å²) in [6.45, 7) is 0. The third-order valence-electron chi connectivity index (χ3n) is 2.16. The number of alkyl halides is 1. The second kappa shape index (κ2) is 3.68. The lowest BCUT2D eigenvalue weighted by molar-refractivity contribution is -0.146. The lowest BCUT2D eigenvalue weighted by Crippen LogP contribution is -2.08. The second-order valence-electron chi connectivity index (χ2n) is 3.03. The van der Waals surface area contributed by atoms with Crippen molar-refractivity contribution in [1.29, 1.82) is 0 Å². The van der Waals surface area contributed by atoms with Gasteiger partial charge in [-0.1, -0.05) is 0 Å². The summed E-state index contributed by atoms with van der Waals surface area (Å²) in [5, 5.41) is 0.593. The molecule has 0 spiro atoms. The van der Waals surface area contributed by atoms with Crippen LogP contribution < -0.4 is 0 Å². The number of nitrogens with zero attached hydrogens (tertiary/aromatic N) is 1. The molecule has 0 bridgehead atoms. The number of nitrogens with one attached hydrogen (secondary N) is 1. The van der Waals surface area contributed by atoms with Crippen LogP contribution in [0.2, 0.25) is 0 Å². The van der Waals surface area contributed by atoms with E-state index < -0.39 is 12.1 Å². The summed E-state index contributed by atoms with van der Waals surface area (Å²) in [7, 11) is 1.15. The molecule has 2 heterocycles. The van der Waals surface area contributed by atoms with E-state index in [4.69, 9.17) is 0 Å². The Balaban J connectivity index is 2.48. The molecule has 1 N–H and O–H groups in total. The van der Waals surface area contributed by atoms with Gasteiger partial charge in [-0.2, -0.15) is 0 Å². The molecule has 0 aliphatic rings. The Labute approximate surface area is 85.1 Å². The Kier molecular flexibility index (Phi) is 2.37.